The van der Waals surface area contributed by atoms with E-state index in [0.717, 1.165) is 11.1 Å². The number of esters is 1. The lowest BCUT2D eigenvalue weighted by Gasteiger charge is -2.43. The minimum absolute atomic E-state index is 0.0756. The van der Waals surface area contributed by atoms with Gasteiger partial charge in [0.1, 0.15) is 17.9 Å². The van der Waals surface area contributed by atoms with Crippen LogP contribution in [0, 0.1) is 0 Å². The fourth-order valence-corrected chi connectivity index (χ4v) is 5.78. The van der Waals surface area contributed by atoms with Crippen molar-refractivity contribution in [2.75, 3.05) is 13.7 Å². The maximum absolute atomic E-state index is 12.0. The van der Waals surface area contributed by atoms with Gasteiger partial charge in [0.05, 0.1) is 19.8 Å². The molecular weight excluding hydrogens is 527 g/mol. The number of hydrogen-bond acceptors (Lipinski definition) is 6. The zero-order valence-electron chi connectivity index (χ0n) is 25.9. The van der Waals surface area contributed by atoms with Crippen LogP contribution in [-0.4, -0.2) is 54.4 Å². The van der Waals surface area contributed by atoms with Crippen LogP contribution in [0.15, 0.2) is 42.1 Å². The topological polar surface area (TPSA) is 83.1 Å². The molecule has 0 spiro atoms. The molecule has 1 aliphatic heterocycles. The summed E-state index contributed by atoms with van der Waals surface area (Å²) in [6, 6.07) is 7.70. The van der Waals surface area contributed by atoms with E-state index in [1.54, 1.807) is 6.08 Å². The minimum Gasteiger partial charge on any atom is -0.464 e. The first-order valence-electron chi connectivity index (χ1n) is 13.6. The van der Waals surface area contributed by atoms with Crippen LogP contribution in [0.5, 0.6) is 0 Å². The molecule has 0 fully saturated rings. The Morgan fingerprint density at radius 3 is 2.00 bits per heavy atom. The lowest BCUT2D eigenvalue weighted by Crippen LogP contribution is -2.51. The Morgan fingerprint density at radius 2 is 1.51 bits per heavy atom. The van der Waals surface area contributed by atoms with Crippen molar-refractivity contribution < 1.29 is 27.9 Å². The average molecular weight is 576 g/mol. The summed E-state index contributed by atoms with van der Waals surface area (Å²) >= 11 is 0. The maximum Gasteiger partial charge on any atom is 0.354 e. The molecule has 9 heteroatoms. The molecule has 0 aromatic heterocycles. The smallest absolute Gasteiger partial charge is 0.354 e. The molecule has 2 rings (SSSR count). The van der Waals surface area contributed by atoms with Crippen molar-refractivity contribution in [2.45, 2.75) is 103 Å². The predicted octanol–water partition coefficient (Wildman–Crippen LogP) is 6.74. The van der Waals surface area contributed by atoms with Crippen molar-refractivity contribution in [3.63, 3.8) is 0 Å². The molecule has 1 N–H and O–H groups in total. The third-order valence-corrected chi connectivity index (χ3v) is 17.1. The van der Waals surface area contributed by atoms with Gasteiger partial charge in [-0.05, 0) is 53.5 Å². The first-order chi connectivity index (χ1) is 17.8. The number of carbonyl (C=O) groups is 2. The van der Waals surface area contributed by atoms with E-state index in [4.69, 9.17) is 18.3 Å². The Hall–Kier alpha value is -2.05. The van der Waals surface area contributed by atoms with Gasteiger partial charge in [0.25, 0.3) is 0 Å². The average Bonchev–Trinajstić information content (AvgIpc) is 2.81. The standard InChI is InChI=1S/C30H49NO6Si2/c1-21(32)31-24(28(33)34-8)19-22-13-15-23(16-14-22)25-17-18-26(37-39(11,12)30(5,6)7)27(36-25)20-35-38(9,10)29(2,3)4/h13-19,25-27H,20H2,1-12H3,(H,31,32)/b24-19+/t25-,26-,27+/m0/s1. The Balaban J connectivity index is 2.32. The van der Waals surface area contributed by atoms with E-state index in [1.807, 2.05) is 24.3 Å². The summed E-state index contributed by atoms with van der Waals surface area (Å²) in [7, 11) is -2.75. The van der Waals surface area contributed by atoms with Crippen LogP contribution in [0.2, 0.25) is 36.3 Å². The second-order valence-electron chi connectivity index (χ2n) is 13.3. The molecule has 39 heavy (non-hydrogen) atoms. The van der Waals surface area contributed by atoms with Gasteiger partial charge in [0.2, 0.25) is 5.91 Å². The molecule has 1 aromatic rings. The summed E-state index contributed by atoms with van der Waals surface area (Å²) in [5.41, 5.74) is 1.82. The lowest BCUT2D eigenvalue weighted by molar-refractivity contribution is -0.137. The lowest BCUT2D eigenvalue weighted by atomic mass is 10.0. The Bertz CT molecular complexity index is 1060. The highest BCUT2D eigenvalue weighted by molar-refractivity contribution is 6.74. The number of rotatable bonds is 9. The molecule has 1 heterocycles. The third kappa shape index (κ3) is 8.98. The van der Waals surface area contributed by atoms with Gasteiger partial charge >= 0.3 is 5.97 Å². The predicted molar refractivity (Wildman–Crippen MR) is 162 cm³/mol. The summed E-state index contributed by atoms with van der Waals surface area (Å²) in [6.45, 7) is 24.3. The van der Waals surface area contributed by atoms with Gasteiger partial charge in [0, 0.05) is 6.92 Å². The third-order valence-electron chi connectivity index (χ3n) is 8.11. The summed E-state index contributed by atoms with van der Waals surface area (Å²) in [5, 5.41) is 2.69. The van der Waals surface area contributed by atoms with E-state index in [9.17, 15) is 9.59 Å². The molecule has 218 valence electrons. The normalized spacial score (nSPS) is 21.0. The fraction of sp³-hybridized carbons (Fsp3) is 0.600. The van der Waals surface area contributed by atoms with Gasteiger partial charge in [0.15, 0.2) is 16.6 Å². The van der Waals surface area contributed by atoms with E-state index >= 15 is 0 Å². The number of benzene rings is 1. The molecule has 3 atom stereocenters. The number of amides is 1. The molecule has 0 bridgehead atoms. The van der Waals surface area contributed by atoms with E-state index < -0.39 is 22.6 Å². The summed E-state index contributed by atoms with van der Waals surface area (Å²) < 4.78 is 24.8. The Morgan fingerprint density at radius 1 is 0.949 bits per heavy atom. The van der Waals surface area contributed by atoms with Crippen LogP contribution >= 0.6 is 0 Å². The van der Waals surface area contributed by atoms with Crippen LogP contribution in [0.4, 0.5) is 0 Å². The van der Waals surface area contributed by atoms with Crippen LogP contribution in [0.3, 0.4) is 0 Å². The summed E-state index contributed by atoms with van der Waals surface area (Å²) in [4.78, 5) is 23.5. The maximum atomic E-state index is 12.0. The van der Waals surface area contributed by atoms with Crippen LogP contribution < -0.4 is 5.32 Å². The first-order valence-corrected chi connectivity index (χ1v) is 19.4. The second kappa shape index (κ2) is 12.6. The second-order valence-corrected chi connectivity index (χ2v) is 22.9. The fourth-order valence-electron chi connectivity index (χ4n) is 3.50. The molecule has 0 aliphatic carbocycles. The number of nitrogens with one attached hydrogen (secondary N) is 1. The zero-order chi connectivity index (χ0) is 29.8. The van der Waals surface area contributed by atoms with Crippen molar-refractivity contribution in [2.24, 2.45) is 0 Å². The van der Waals surface area contributed by atoms with Crippen molar-refractivity contribution in [3.05, 3.63) is 53.2 Å². The number of ether oxygens (including phenoxy) is 2. The van der Waals surface area contributed by atoms with E-state index in [2.05, 4.69) is 85.2 Å². The van der Waals surface area contributed by atoms with Gasteiger partial charge in [-0.1, -0.05) is 78.0 Å². The minimum atomic E-state index is -2.04. The van der Waals surface area contributed by atoms with E-state index in [1.165, 1.54) is 14.0 Å². The van der Waals surface area contributed by atoms with Crippen LogP contribution in [-0.2, 0) is 27.9 Å². The molecule has 1 aromatic carbocycles. The van der Waals surface area contributed by atoms with Gasteiger partial charge in [-0.2, -0.15) is 0 Å². The highest BCUT2D eigenvalue weighted by Crippen LogP contribution is 2.41. The molecule has 7 nitrogen and oxygen atoms in total. The van der Waals surface area contributed by atoms with E-state index in [-0.39, 0.29) is 40.0 Å². The Kier molecular flexibility index (Phi) is 10.7. The van der Waals surface area contributed by atoms with Gasteiger partial charge < -0.3 is 23.6 Å². The molecule has 0 radical (unpaired) electrons. The zero-order valence-corrected chi connectivity index (χ0v) is 27.9. The number of carbonyl (C=O) groups excluding carboxylic acids is 2. The van der Waals surface area contributed by atoms with Crippen molar-refractivity contribution >= 4 is 34.6 Å². The molecule has 1 aliphatic rings. The van der Waals surface area contributed by atoms with Crippen LogP contribution in [0.25, 0.3) is 6.08 Å². The van der Waals surface area contributed by atoms with Gasteiger partial charge in [-0.3, -0.25) is 4.79 Å². The quantitative estimate of drug-likeness (QED) is 0.152. The van der Waals surface area contributed by atoms with E-state index in [0.29, 0.717) is 6.61 Å². The molecule has 0 saturated carbocycles. The van der Waals surface area contributed by atoms with Crippen molar-refractivity contribution in [1.82, 2.24) is 5.32 Å². The summed E-state index contributed by atoms with van der Waals surface area (Å²) in [6.07, 6.45) is 5.10. The van der Waals surface area contributed by atoms with Crippen LogP contribution in [0.1, 0.15) is 65.7 Å². The van der Waals surface area contributed by atoms with Crippen molar-refractivity contribution in [1.29, 1.82) is 0 Å². The first kappa shape index (κ1) is 33.2. The largest absolute Gasteiger partial charge is 0.464 e. The molecule has 0 saturated heterocycles. The highest BCUT2D eigenvalue weighted by Gasteiger charge is 2.43. The Labute approximate surface area is 237 Å². The monoisotopic (exact) mass is 575 g/mol. The number of methoxy groups -OCH3 is 1. The molecule has 1 amide bonds. The SMILES string of the molecule is COC(=O)/C(=C\c1ccc([C@@H]2C=C[C@H](O[Si](C)(C)C(C)(C)C)[C@@H](CO[Si](C)(C)C(C)(C)C)O2)cc1)NC(C)=O. The molecular formula is C30H49NO6Si2. The highest BCUT2D eigenvalue weighted by atomic mass is 28.4. The molecule has 0 unspecified atom stereocenters. The number of hydrogen-bond donors (Lipinski definition) is 1. The van der Waals surface area contributed by atoms with Crippen molar-refractivity contribution in [3.8, 4) is 0 Å². The van der Waals surface area contributed by atoms with Gasteiger partial charge in [-0.25, -0.2) is 4.79 Å². The summed E-state index contributed by atoms with van der Waals surface area (Å²) in [5.74, 6) is -0.949. The van der Waals surface area contributed by atoms with Gasteiger partial charge in [-0.15, -0.1) is 0 Å².